The van der Waals surface area contributed by atoms with Crippen LogP contribution in [0.25, 0.3) is 0 Å². The number of oxazole rings is 1. The number of guanidine groups is 1. The van der Waals surface area contributed by atoms with Crippen LogP contribution in [0, 0.1) is 0 Å². The fraction of sp³-hybridized carbons (Fsp3) is 0.773. The predicted molar refractivity (Wildman–Crippen MR) is 118 cm³/mol. The standard InChI is InChI=1S/C22H38N6O2/c1-5-23-21(25-16-19-24-15-18(30-19)22(2,3)4)28-13-11-26(12-14-28)17-20(29)27-9-7-6-8-10-27/h15H,5-14,16-17H2,1-4H3,(H,23,25). The average Bonchev–Trinajstić information content (AvgIpc) is 3.22. The topological polar surface area (TPSA) is 77.2 Å². The van der Waals surface area contributed by atoms with Crippen molar-refractivity contribution >= 4 is 11.9 Å². The van der Waals surface area contributed by atoms with Crippen LogP contribution < -0.4 is 5.32 Å². The zero-order valence-electron chi connectivity index (χ0n) is 19.1. The predicted octanol–water partition coefficient (Wildman–Crippen LogP) is 2.07. The van der Waals surface area contributed by atoms with Crippen molar-refractivity contribution in [3.8, 4) is 0 Å². The zero-order chi connectivity index (χ0) is 21.6. The first-order valence-corrected chi connectivity index (χ1v) is 11.4. The minimum atomic E-state index is -0.0541. The normalized spacial score (nSPS) is 19.3. The SMILES string of the molecule is CCNC(=NCc1ncc(C(C)(C)C)o1)N1CCN(CC(=O)N2CCCCC2)CC1. The first-order chi connectivity index (χ1) is 14.4. The molecule has 2 aliphatic heterocycles. The van der Waals surface area contributed by atoms with Gasteiger partial charge in [-0.2, -0.15) is 0 Å². The van der Waals surface area contributed by atoms with Gasteiger partial charge in [-0.25, -0.2) is 9.98 Å². The molecule has 168 valence electrons. The number of aromatic nitrogens is 1. The Balaban J connectivity index is 1.51. The number of rotatable bonds is 5. The molecule has 8 nitrogen and oxygen atoms in total. The van der Waals surface area contributed by atoms with Crippen LogP contribution in [0.15, 0.2) is 15.6 Å². The lowest BCUT2D eigenvalue weighted by Gasteiger charge is -2.37. The molecule has 3 heterocycles. The van der Waals surface area contributed by atoms with Crippen molar-refractivity contribution in [2.45, 2.75) is 58.9 Å². The molecule has 8 heteroatoms. The Kier molecular flexibility index (Phi) is 7.75. The highest BCUT2D eigenvalue weighted by atomic mass is 16.4. The molecular weight excluding hydrogens is 380 g/mol. The third-order valence-electron chi connectivity index (χ3n) is 5.73. The van der Waals surface area contributed by atoms with Gasteiger partial charge in [-0.15, -0.1) is 0 Å². The average molecular weight is 419 g/mol. The molecule has 1 amide bonds. The van der Waals surface area contributed by atoms with E-state index in [0.717, 1.165) is 70.4 Å². The van der Waals surface area contributed by atoms with Gasteiger partial charge < -0.3 is 19.5 Å². The van der Waals surface area contributed by atoms with Gasteiger partial charge in [-0.1, -0.05) is 20.8 Å². The molecule has 0 saturated carbocycles. The Bertz CT molecular complexity index is 709. The maximum Gasteiger partial charge on any atom is 0.236 e. The number of piperazine rings is 1. The van der Waals surface area contributed by atoms with Crippen LogP contribution in [0.1, 0.15) is 58.6 Å². The highest BCUT2D eigenvalue weighted by Crippen LogP contribution is 2.22. The number of amides is 1. The van der Waals surface area contributed by atoms with Gasteiger partial charge in [0.1, 0.15) is 12.3 Å². The van der Waals surface area contributed by atoms with Crippen molar-refractivity contribution in [1.82, 2.24) is 25.0 Å². The number of nitrogens with one attached hydrogen (secondary N) is 1. The molecule has 1 aromatic heterocycles. The lowest BCUT2D eigenvalue weighted by molar-refractivity contribution is -0.133. The smallest absolute Gasteiger partial charge is 0.236 e. The van der Waals surface area contributed by atoms with E-state index in [1.54, 1.807) is 6.20 Å². The van der Waals surface area contributed by atoms with Crippen molar-refractivity contribution in [2.24, 2.45) is 4.99 Å². The van der Waals surface area contributed by atoms with E-state index in [1.807, 2.05) is 4.90 Å². The third kappa shape index (κ3) is 6.20. The van der Waals surface area contributed by atoms with E-state index < -0.39 is 0 Å². The highest BCUT2D eigenvalue weighted by molar-refractivity contribution is 5.80. The van der Waals surface area contributed by atoms with Gasteiger partial charge in [0.15, 0.2) is 5.96 Å². The summed E-state index contributed by atoms with van der Waals surface area (Å²) in [4.78, 5) is 28.2. The van der Waals surface area contributed by atoms with Crippen LogP contribution in [-0.2, 0) is 16.8 Å². The van der Waals surface area contributed by atoms with Crippen LogP contribution in [0.2, 0.25) is 0 Å². The molecule has 0 aliphatic carbocycles. The lowest BCUT2D eigenvalue weighted by Crippen LogP contribution is -2.54. The Morgan fingerprint density at radius 1 is 1.10 bits per heavy atom. The number of hydrogen-bond donors (Lipinski definition) is 1. The van der Waals surface area contributed by atoms with Crippen LogP contribution in [-0.4, -0.2) is 83.9 Å². The van der Waals surface area contributed by atoms with E-state index in [-0.39, 0.29) is 11.3 Å². The van der Waals surface area contributed by atoms with Crippen LogP contribution in [0.3, 0.4) is 0 Å². The molecule has 0 radical (unpaired) electrons. The summed E-state index contributed by atoms with van der Waals surface area (Å²) in [5, 5.41) is 3.38. The monoisotopic (exact) mass is 418 g/mol. The number of carbonyl (C=O) groups excluding carboxylic acids is 1. The van der Waals surface area contributed by atoms with Gasteiger partial charge in [-0.3, -0.25) is 9.69 Å². The fourth-order valence-electron chi connectivity index (χ4n) is 3.85. The van der Waals surface area contributed by atoms with Crippen molar-refractivity contribution in [3.05, 3.63) is 17.8 Å². The van der Waals surface area contributed by atoms with Crippen LogP contribution in [0.5, 0.6) is 0 Å². The van der Waals surface area contributed by atoms with E-state index in [1.165, 1.54) is 6.42 Å². The molecule has 2 saturated heterocycles. The zero-order valence-corrected chi connectivity index (χ0v) is 19.1. The van der Waals surface area contributed by atoms with Gasteiger partial charge in [0, 0.05) is 51.2 Å². The molecule has 0 aromatic carbocycles. The second kappa shape index (κ2) is 10.3. The highest BCUT2D eigenvalue weighted by Gasteiger charge is 2.24. The second-order valence-electron chi connectivity index (χ2n) is 9.24. The minimum absolute atomic E-state index is 0.0541. The summed E-state index contributed by atoms with van der Waals surface area (Å²) in [6.07, 6.45) is 5.34. The first kappa shape index (κ1) is 22.6. The van der Waals surface area contributed by atoms with Crippen molar-refractivity contribution in [3.63, 3.8) is 0 Å². The van der Waals surface area contributed by atoms with Gasteiger partial charge in [-0.05, 0) is 26.2 Å². The van der Waals surface area contributed by atoms with E-state index in [9.17, 15) is 4.79 Å². The number of aliphatic imine (C=N–C) groups is 1. The molecule has 0 spiro atoms. The van der Waals surface area contributed by atoms with Gasteiger partial charge in [0.2, 0.25) is 11.8 Å². The summed E-state index contributed by atoms with van der Waals surface area (Å²) >= 11 is 0. The molecular formula is C22H38N6O2. The Labute approximate surface area is 180 Å². The Hall–Kier alpha value is -2.09. The number of nitrogens with zero attached hydrogens (tertiary/aromatic N) is 5. The number of likely N-dealkylation sites (tertiary alicyclic amines) is 1. The minimum Gasteiger partial charge on any atom is -0.443 e. The van der Waals surface area contributed by atoms with Crippen molar-refractivity contribution in [2.75, 3.05) is 52.4 Å². The van der Waals surface area contributed by atoms with Crippen LogP contribution >= 0.6 is 0 Å². The molecule has 0 atom stereocenters. The number of carbonyl (C=O) groups is 1. The summed E-state index contributed by atoms with van der Waals surface area (Å²) in [7, 11) is 0. The molecule has 0 bridgehead atoms. The molecule has 1 aromatic rings. The molecule has 30 heavy (non-hydrogen) atoms. The summed E-state index contributed by atoms with van der Waals surface area (Å²) in [6.45, 7) is 15.5. The summed E-state index contributed by atoms with van der Waals surface area (Å²) in [5.74, 6) is 2.68. The maximum atomic E-state index is 12.5. The Morgan fingerprint density at radius 3 is 2.40 bits per heavy atom. The molecule has 2 aliphatic rings. The quantitative estimate of drug-likeness (QED) is 0.583. The van der Waals surface area contributed by atoms with E-state index in [2.05, 4.69) is 47.8 Å². The molecule has 0 unspecified atom stereocenters. The third-order valence-corrected chi connectivity index (χ3v) is 5.73. The molecule has 2 fully saturated rings. The van der Waals surface area contributed by atoms with Crippen molar-refractivity contribution < 1.29 is 9.21 Å². The number of hydrogen-bond acceptors (Lipinski definition) is 5. The lowest BCUT2D eigenvalue weighted by atomic mass is 9.94. The van der Waals surface area contributed by atoms with E-state index in [4.69, 9.17) is 9.41 Å². The second-order valence-corrected chi connectivity index (χ2v) is 9.24. The summed E-state index contributed by atoms with van der Waals surface area (Å²) in [5.41, 5.74) is -0.0541. The molecule has 1 N–H and O–H groups in total. The molecule has 3 rings (SSSR count). The van der Waals surface area contributed by atoms with Gasteiger partial charge >= 0.3 is 0 Å². The van der Waals surface area contributed by atoms with Gasteiger partial charge in [0.05, 0.1) is 12.7 Å². The fourth-order valence-corrected chi connectivity index (χ4v) is 3.85. The summed E-state index contributed by atoms with van der Waals surface area (Å²) in [6, 6.07) is 0. The van der Waals surface area contributed by atoms with Crippen molar-refractivity contribution in [1.29, 1.82) is 0 Å². The van der Waals surface area contributed by atoms with E-state index in [0.29, 0.717) is 19.0 Å². The summed E-state index contributed by atoms with van der Waals surface area (Å²) < 4.78 is 5.87. The van der Waals surface area contributed by atoms with Gasteiger partial charge in [0.25, 0.3) is 0 Å². The number of piperidine rings is 1. The van der Waals surface area contributed by atoms with Crippen LogP contribution in [0.4, 0.5) is 0 Å². The maximum absolute atomic E-state index is 12.5. The Morgan fingerprint density at radius 2 is 1.80 bits per heavy atom. The van der Waals surface area contributed by atoms with E-state index >= 15 is 0 Å². The largest absolute Gasteiger partial charge is 0.443 e. The first-order valence-electron chi connectivity index (χ1n) is 11.4.